The van der Waals surface area contributed by atoms with Gasteiger partial charge in [0.2, 0.25) is 5.91 Å². The molecule has 206 valence electrons. The van der Waals surface area contributed by atoms with Gasteiger partial charge in [0.15, 0.2) is 23.0 Å². The molecule has 0 bridgehead atoms. The van der Waals surface area contributed by atoms with Crippen LogP contribution in [0.4, 0.5) is 17.6 Å². The smallest absolute Gasteiger partial charge is 0.435 e. The molecule has 2 aromatic carbocycles. The van der Waals surface area contributed by atoms with Crippen LogP contribution in [-0.4, -0.2) is 40.7 Å². The third-order valence-corrected chi connectivity index (χ3v) is 5.92. The highest BCUT2D eigenvalue weighted by atomic mass is 19.4. The van der Waals surface area contributed by atoms with E-state index in [0.717, 1.165) is 22.5 Å². The van der Waals surface area contributed by atoms with Crippen LogP contribution < -0.4 is 15.8 Å². The molecular weight excluding hydrogens is 504 g/mol. The molecule has 3 N–H and O–H groups in total. The van der Waals surface area contributed by atoms with E-state index in [2.05, 4.69) is 10.4 Å². The van der Waals surface area contributed by atoms with E-state index in [-0.39, 0.29) is 37.3 Å². The Morgan fingerprint density at radius 3 is 2.39 bits per heavy atom. The Kier molecular flexibility index (Phi) is 10.6. The summed E-state index contributed by atoms with van der Waals surface area (Å²) in [5, 5.41) is 6.08. The lowest BCUT2D eigenvalue weighted by atomic mass is 10.0. The average Bonchev–Trinajstić information content (AvgIpc) is 3.37. The molecule has 3 aromatic rings. The van der Waals surface area contributed by atoms with Gasteiger partial charge in [-0.15, -0.1) is 0 Å². The minimum Gasteiger partial charge on any atom is -0.494 e. The third kappa shape index (κ3) is 7.64. The molecule has 1 aromatic heterocycles. The number of nitrogens with zero attached hydrogens (tertiary/aromatic N) is 2. The number of aromatic nitrogens is 2. The van der Waals surface area contributed by atoms with Gasteiger partial charge < -0.3 is 15.8 Å². The number of halogens is 4. The number of nitrogens with two attached hydrogens (primary N) is 1. The van der Waals surface area contributed by atoms with E-state index in [1.807, 2.05) is 30.3 Å². The van der Waals surface area contributed by atoms with Crippen molar-refractivity contribution in [2.75, 3.05) is 7.11 Å². The zero-order valence-corrected chi connectivity index (χ0v) is 20.4. The SMILES string of the molecule is C.COc1ccc(-n2ccc(C(F)(F)F)n2)c(CCC(=O)[C@H](C)NC(=O)[C@@H](N)CCc2ccccc2)c1F. The Morgan fingerprint density at radius 1 is 1.11 bits per heavy atom. The summed E-state index contributed by atoms with van der Waals surface area (Å²) in [5.41, 5.74) is 5.87. The van der Waals surface area contributed by atoms with Crippen molar-refractivity contribution in [1.82, 2.24) is 15.1 Å². The van der Waals surface area contributed by atoms with E-state index in [1.54, 1.807) is 0 Å². The molecule has 38 heavy (non-hydrogen) atoms. The first kappa shape index (κ1) is 30.5. The average molecular weight is 537 g/mol. The van der Waals surface area contributed by atoms with Crippen LogP contribution in [0.15, 0.2) is 54.7 Å². The van der Waals surface area contributed by atoms with E-state index in [1.165, 1.54) is 26.2 Å². The summed E-state index contributed by atoms with van der Waals surface area (Å²) in [5.74, 6) is -1.81. The number of amides is 1. The van der Waals surface area contributed by atoms with Crippen molar-refractivity contribution < 1.29 is 31.9 Å². The van der Waals surface area contributed by atoms with Gasteiger partial charge in [-0.3, -0.25) is 9.59 Å². The second kappa shape index (κ2) is 13.2. The number of nitrogens with one attached hydrogen (secondary N) is 1. The number of benzene rings is 2. The first-order valence-corrected chi connectivity index (χ1v) is 11.6. The molecule has 0 spiro atoms. The van der Waals surface area contributed by atoms with Crippen LogP contribution in [0.5, 0.6) is 5.75 Å². The number of carbonyl (C=O) groups is 2. The van der Waals surface area contributed by atoms with Crippen LogP contribution >= 0.6 is 0 Å². The number of rotatable bonds is 11. The van der Waals surface area contributed by atoms with Crippen molar-refractivity contribution >= 4 is 11.7 Å². The molecule has 0 fully saturated rings. The maximum Gasteiger partial charge on any atom is 0.435 e. The van der Waals surface area contributed by atoms with Crippen molar-refractivity contribution in [2.24, 2.45) is 5.73 Å². The molecule has 0 aliphatic rings. The number of Topliss-reactive ketones (excluding diaryl/α,β-unsaturated/α-hetero) is 1. The highest BCUT2D eigenvalue weighted by Gasteiger charge is 2.34. The molecule has 0 radical (unpaired) electrons. The van der Waals surface area contributed by atoms with Crippen LogP contribution in [0.25, 0.3) is 5.69 Å². The Hall–Kier alpha value is -3.73. The van der Waals surface area contributed by atoms with Crippen molar-refractivity contribution in [1.29, 1.82) is 0 Å². The molecule has 11 heteroatoms. The molecule has 0 saturated heterocycles. The van der Waals surface area contributed by atoms with Crippen LogP contribution in [0.3, 0.4) is 0 Å². The van der Waals surface area contributed by atoms with Crippen molar-refractivity contribution in [3.63, 3.8) is 0 Å². The minimum absolute atomic E-state index is 0. The van der Waals surface area contributed by atoms with E-state index in [4.69, 9.17) is 10.5 Å². The normalized spacial score (nSPS) is 12.8. The summed E-state index contributed by atoms with van der Waals surface area (Å²) in [7, 11) is 1.25. The predicted octanol–water partition coefficient (Wildman–Crippen LogP) is 4.64. The van der Waals surface area contributed by atoms with Gasteiger partial charge in [0.1, 0.15) is 0 Å². The van der Waals surface area contributed by atoms with Gasteiger partial charge in [-0.2, -0.15) is 18.3 Å². The van der Waals surface area contributed by atoms with E-state index < -0.39 is 41.5 Å². The van der Waals surface area contributed by atoms with Gasteiger partial charge in [0.05, 0.1) is 24.9 Å². The monoisotopic (exact) mass is 536 g/mol. The fraction of sp³-hybridized carbons (Fsp3) is 0.370. The van der Waals surface area contributed by atoms with Gasteiger partial charge in [-0.1, -0.05) is 37.8 Å². The number of hydrogen-bond donors (Lipinski definition) is 2. The maximum absolute atomic E-state index is 15.1. The maximum atomic E-state index is 15.1. The topological polar surface area (TPSA) is 99.2 Å². The summed E-state index contributed by atoms with van der Waals surface area (Å²) in [6, 6.07) is 11.2. The number of aryl methyl sites for hydroxylation is 1. The first-order chi connectivity index (χ1) is 17.5. The number of alkyl halides is 3. The largest absolute Gasteiger partial charge is 0.494 e. The highest BCUT2D eigenvalue weighted by Crippen LogP contribution is 2.31. The lowest BCUT2D eigenvalue weighted by Gasteiger charge is -2.18. The minimum atomic E-state index is -4.66. The van der Waals surface area contributed by atoms with Crippen LogP contribution in [0.2, 0.25) is 0 Å². The van der Waals surface area contributed by atoms with E-state index in [0.29, 0.717) is 12.8 Å². The number of carbonyl (C=O) groups excluding carboxylic acids is 2. The van der Waals surface area contributed by atoms with Gasteiger partial charge >= 0.3 is 6.18 Å². The molecule has 3 rings (SSSR count). The summed E-state index contributed by atoms with van der Waals surface area (Å²) < 4.78 is 59.9. The lowest BCUT2D eigenvalue weighted by Crippen LogP contribution is -2.47. The summed E-state index contributed by atoms with van der Waals surface area (Å²) >= 11 is 0. The van der Waals surface area contributed by atoms with Gasteiger partial charge in [0.25, 0.3) is 0 Å². The molecule has 0 aliphatic carbocycles. The number of methoxy groups -OCH3 is 1. The summed E-state index contributed by atoms with van der Waals surface area (Å²) in [4.78, 5) is 25.2. The molecule has 0 aliphatic heterocycles. The Bertz CT molecular complexity index is 1230. The zero-order chi connectivity index (χ0) is 27.2. The third-order valence-electron chi connectivity index (χ3n) is 5.92. The first-order valence-electron chi connectivity index (χ1n) is 11.6. The fourth-order valence-corrected chi connectivity index (χ4v) is 3.77. The summed E-state index contributed by atoms with van der Waals surface area (Å²) in [6.07, 6.45) is -2.96. The van der Waals surface area contributed by atoms with Gasteiger partial charge in [0, 0.05) is 18.2 Å². The van der Waals surface area contributed by atoms with Crippen molar-refractivity contribution in [2.45, 2.75) is 58.3 Å². The number of ether oxygens (including phenoxy) is 1. The van der Waals surface area contributed by atoms with Crippen LogP contribution in [-0.2, 0) is 28.6 Å². The highest BCUT2D eigenvalue weighted by molar-refractivity contribution is 5.90. The molecule has 0 unspecified atom stereocenters. The second-order valence-corrected chi connectivity index (χ2v) is 8.55. The predicted molar refractivity (Wildman–Crippen MR) is 135 cm³/mol. The summed E-state index contributed by atoms with van der Waals surface area (Å²) in [6.45, 7) is 1.50. The lowest BCUT2D eigenvalue weighted by molar-refractivity contribution is -0.141. The Balaban J connectivity index is 0.00000507. The number of ketones is 1. The molecule has 1 amide bonds. The van der Waals surface area contributed by atoms with E-state index in [9.17, 15) is 22.8 Å². The van der Waals surface area contributed by atoms with Crippen molar-refractivity contribution in [3.8, 4) is 11.4 Å². The molecule has 1 heterocycles. The quantitative estimate of drug-likeness (QED) is 0.348. The standard InChI is InChI=1S/C26H28F4N4O3.CH4/c1-16(32-25(36)19(31)10-8-17-6-4-3-5-7-17)21(35)12-9-18-20(11-13-22(37-2)24(18)27)34-15-14-23(33-34)26(28,29)30;/h3-7,11,13-16,19H,8-10,12,31H2,1-2H3,(H,32,36);1H4/t16-,19-;/m0./s1. The molecule has 7 nitrogen and oxygen atoms in total. The van der Waals surface area contributed by atoms with Crippen molar-refractivity contribution in [3.05, 3.63) is 77.4 Å². The Morgan fingerprint density at radius 2 is 1.79 bits per heavy atom. The second-order valence-electron chi connectivity index (χ2n) is 8.55. The molecule has 0 saturated carbocycles. The van der Waals surface area contributed by atoms with E-state index >= 15 is 4.39 Å². The van der Waals surface area contributed by atoms with Gasteiger partial charge in [-0.05, 0) is 49.9 Å². The zero-order valence-electron chi connectivity index (χ0n) is 20.4. The fourth-order valence-electron chi connectivity index (χ4n) is 3.77. The van der Waals surface area contributed by atoms with Crippen LogP contribution in [0.1, 0.15) is 44.0 Å². The number of hydrogen-bond acceptors (Lipinski definition) is 5. The molecule has 2 atom stereocenters. The molecular formula is C27H32F4N4O3. The van der Waals surface area contributed by atoms with Gasteiger partial charge in [-0.25, -0.2) is 9.07 Å². The van der Waals surface area contributed by atoms with Crippen LogP contribution in [0, 0.1) is 5.82 Å². The Labute approximate surface area is 219 Å².